The predicted molar refractivity (Wildman–Crippen MR) is 119 cm³/mol. The highest BCUT2D eigenvalue weighted by molar-refractivity contribution is 7.99. The molecule has 0 spiro atoms. The van der Waals surface area contributed by atoms with E-state index in [4.69, 9.17) is 11.8 Å². The molecule has 0 saturated heterocycles. The molecule has 0 aliphatic carbocycles. The zero-order valence-corrected chi connectivity index (χ0v) is 18.2. The number of aliphatic hydroxyl groups excluding tert-OH is 3. The summed E-state index contributed by atoms with van der Waals surface area (Å²) in [5, 5.41) is 29.4. The molecule has 0 bridgehead atoms. The van der Waals surface area contributed by atoms with Crippen LogP contribution in [0.1, 0.15) is 30.8 Å². The number of H-pyrrole nitrogens is 1. The van der Waals surface area contributed by atoms with Crippen molar-refractivity contribution in [1.29, 1.82) is 0 Å². The van der Waals surface area contributed by atoms with Gasteiger partial charge in [-0.25, -0.2) is 9.82 Å². The fourth-order valence-corrected chi connectivity index (χ4v) is 4.06. The zero-order valence-electron chi connectivity index (χ0n) is 16.7. The summed E-state index contributed by atoms with van der Waals surface area (Å²) in [4.78, 5) is 12.2. The number of halogens is 1. The highest BCUT2D eigenvalue weighted by Gasteiger charge is 2.31. The predicted octanol–water partition coefficient (Wildman–Crippen LogP) is 3.68. The largest absolute Gasteiger partial charge is 0.394 e. The van der Waals surface area contributed by atoms with Crippen molar-refractivity contribution in [1.82, 2.24) is 14.8 Å². The molecule has 1 unspecified atom stereocenters. The lowest BCUT2D eigenvalue weighted by atomic mass is 9.92. The number of imidazole rings is 1. The van der Waals surface area contributed by atoms with Gasteiger partial charge < -0.3 is 20.3 Å². The molecule has 0 aliphatic heterocycles. The monoisotopic (exact) mass is 447 g/mol. The first-order chi connectivity index (χ1) is 14.5. The summed E-state index contributed by atoms with van der Waals surface area (Å²) < 4.78 is 0. The molecule has 6 nitrogen and oxygen atoms in total. The minimum atomic E-state index is -1.14. The van der Waals surface area contributed by atoms with Crippen molar-refractivity contribution in [2.75, 3.05) is 13.2 Å². The Morgan fingerprint density at radius 1 is 1.07 bits per heavy atom. The van der Waals surface area contributed by atoms with Crippen molar-refractivity contribution < 1.29 is 15.3 Å². The molecule has 5 N–H and O–H groups in total. The van der Waals surface area contributed by atoms with Crippen LogP contribution < -0.4 is 4.84 Å². The Morgan fingerprint density at radius 2 is 1.67 bits per heavy atom. The van der Waals surface area contributed by atoms with Crippen LogP contribution in [0.4, 0.5) is 0 Å². The molecular formula is C22H26ClN3O3S. The zero-order chi connectivity index (χ0) is 21.6. The third kappa shape index (κ3) is 5.43. The standard InChI is InChI=1S/C22H26ClN3O3S/c1-2-21-24-12-19(25-21)15-3-7-17(8-4-15)30-18-9-5-16(6-10-18)20(29)11-22(13-27,14-28)26-23/h3-10,12,20,26-29H,2,11,13-14H2,1H3,(H,24,25). The van der Waals surface area contributed by atoms with Gasteiger partial charge in [0.25, 0.3) is 0 Å². The molecule has 1 heterocycles. The van der Waals surface area contributed by atoms with Gasteiger partial charge in [0.1, 0.15) is 5.82 Å². The maximum atomic E-state index is 10.5. The van der Waals surface area contributed by atoms with Crippen molar-refractivity contribution in [2.45, 2.75) is 41.2 Å². The van der Waals surface area contributed by atoms with Gasteiger partial charge in [-0.2, -0.15) is 0 Å². The third-order valence-electron chi connectivity index (χ3n) is 5.02. The number of aryl methyl sites for hydroxylation is 1. The first kappa shape index (κ1) is 22.8. The summed E-state index contributed by atoms with van der Waals surface area (Å²) in [5.41, 5.74) is 1.66. The van der Waals surface area contributed by atoms with E-state index < -0.39 is 11.6 Å². The van der Waals surface area contributed by atoms with Crippen LogP contribution in [0.3, 0.4) is 0 Å². The third-order valence-corrected chi connectivity index (χ3v) is 6.44. The van der Waals surface area contributed by atoms with Gasteiger partial charge in [0.2, 0.25) is 0 Å². The molecule has 0 saturated carbocycles. The molecule has 0 radical (unpaired) electrons. The Morgan fingerprint density at radius 3 is 2.17 bits per heavy atom. The Kier molecular flexibility index (Phi) is 7.93. The van der Waals surface area contributed by atoms with E-state index in [0.29, 0.717) is 5.56 Å². The van der Waals surface area contributed by atoms with Crippen LogP contribution in [0.2, 0.25) is 0 Å². The summed E-state index contributed by atoms with van der Waals surface area (Å²) in [6.07, 6.45) is 1.95. The summed E-state index contributed by atoms with van der Waals surface area (Å²) in [7, 11) is 0. The first-order valence-corrected chi connectivity index (χ1v) is 10.9. The molecule has 8 heteroatoms. The van der Waals surface area contributed by atoms with Crippen molar-refractivity contribution in [3.05, 3.63) is 66.1 Å². The van der Waals surface area contributed by atoms with E-state index >= 15 is 0 Å². The Hall–Kier alpha value is -1.87. The smallest absolute Gasteiger partial charge is 0.106 e. The summed E-state index contributed by atoms with van der Waals surface area (Å²) in [5.74, 6) is 0.975. The quantitative estimate of drug-likeness (QED) is 0.304. The van der Waals surface area contributed by atoms with Crippen LogP contribution in [-0.4, -0.2) is 44.0 Å². The number of aromatic nitrogens is 2. The van der Waals surface area contributed by atoms with E-state index in [9.17, 15) is 15.3 Å². The van der Waals surface area contributed by atoms with Gasteiger partial charge in [0.15, 0.2) is 0 Å². The second-order valence-electron chi connectivity index (χ2n) is 7.20. The Balaban J connectivity index is 1.64. The lowest BCUT2D eigenvalue weighted by Gasteiger charge is -2.30. The van der Waals surface area contributed by atoms with Crippen LogP contribution in [0.5, 0.6) is 0 Å². The number of hydrogen-bond donors (Lipinski definition) is 5. The fraction of sp³-hybridized carbons (Fsp3) is 0.318. The summed E-state index contributed by atoms with van der Waals surface area (Å²) in [6, 6.07) is 15.8. The number of nitrogens with zero attached hydrogens (tertiary/aromatic N) is 1. The van der Waals surface area contributed by atoms with Gasteiger partial charge in [0.05, 0.1) is 36.7 Å². The average molecular weight is 448 g/mol. The van der Waals surface area contributed by atoms with E-state index in [1.165, 1.54) is 0 Å². The molecule has 30 heavy (non-hydrogen) atoms. The second kappa shape index (κ2) is 10.4. The molecule has 0 amide bonds. The van der Waals surface area contributed by atoms with Gasteiger partial charge in [-0.3, -0.25) is 0 Å². The highest BCUT2D eigenvalue weighted by Crippen LogP contribution is 2.31. The van der Waals surface area contributed by atoms with Crippen molar-refractivity contribution in [3.63, 3.8) is 0 Å². The fourth-order valence-electron chi connectivity index (χ4n) is 3.05. The first-order valence-electron chi connectivity index (χ1n) is 9.72. The van der Waals surface area contributed by atoms with Crippen LogP contribution >= 0.6 is 23.5 Å². The van der Waals surface area contributed by atoms with Crippen LogP contribution in [0.25, 0.3) is 11.3 Å². The number of aliphatic hydroxyl groups is 3. The molecule has 2 aromatic carbocycles. The normalized spacial score (nSPS) is 12.8. The Bertz CT molecular complexity index is 919. The molecule has 1 aromatic heterocycles. The summed E-state index contributed by atoms with van der Waals surface area (Å²) in [6.45, 7) is 1.30. The van der Waals surface area contributed by atoms with E-state index in [1.807, 2.05) is 30.5 Å². The van der Waals surface area contributed by atoms with Gasteiger partial charge in [-0.05, 0) is 47.2 Å². The summed E-state index contributed by atoms with van der Waals surface area (Å²) >= 11 is 7.27. The van der Waals surface area contributed by atoms with Crippen molar-refractivity contribution in [2.24, 2.45) is 0 Å². The topological polar surface area (TPSA) is 101 Å². The van der Waals surface area contributed by atoms with Gasteiger partial charge in [-0.15, -0.1) is 0 Å². The van der Waals surface area contributed by atoms with E-state index in [-0.39, 0.29) is 19.6 Å². The number of hydrogen-bond acceptors (Lipinski definition) is 6. The van der Waals surface area contributed by atoms with E-state index in [2.05, 4.69) is 46.0 Å². The van der Waals surface area contributed by atoms with Crippen molar-refractivity contribution in [3.8, 4) is 11.3 Å². The SMILES string of the molecule is CCc1ncc(-c2ccc(Sc3ccc(C(O)CC(CO)(CO)NCl)cc3)cc2)[nH]1. The van der Waals surface area contributed by atoms with Crippen molar-refractivity contribution >= 4 is 23.5 Å². The van der Waals surface area contributed by atoms with Crippen LogP contribution in [0.15, 0.2) is 64.5 Å². The minimum Gasteiger partial charge on any atom is -0.394 e. The minimum absolute atomic E-state index is 0.0881. The molecule has 1 atom stereocenters. The van der Waals surface area contributed by atoms with Gasteiger partial charge >= 0.3 is 0 Å². The highest BCUT2D eigenvalue weighted by atomic mass is 35.5. The maximum absolute atomic E-state index is 10.5. The van der Waals surface area contributed by atoms with E-state index in [1.54, 1.807) is 11.8 Å². The molecule has 3 rings (SSSR count). The number of aromatic amines is 1. The number of nitrogens with one attached hydrogen (secondary N) is 2. The van der Waals surface area contributed by atoms with E-state index in [0.717, 1.165) is 33.3 Å². The lowest BCUT2D eigenvalue weighted by molar-refractivity contribution is 0.0526. The average Bonchev–Trinajstić information content (AvgIpc) is 3.28. The van der Waals surface area contributed by atoms with Gasteiger partial charge in [-0.1, -0.05) is 43.0 Å². The maximum Gasteiger partial charge on any atom is 0.106 e. The van der Waals surface area contributed by atoms with Crippen LogP contribution in [-0.2, 0) is 6.42 Å². The van der Waals surface area contributed by atoms with Gasteiger partial charge in [0, 0.05) is 22.6 Å². The Labute approximate surface area is 185 Å². The molecule has 3 aromatic rings. The number of rotatable bonds is 10. The van der Waals surface area contributed by atoms with Crippen LogP contribution in [0, 0.1) is 0 Å². The molecule has 0 fully saturated rings. The number of benzene rings is 2. The molecule has 160 valence electrons. The molecular weight excluding hydrogens is 422 g/mol. The molecule has 0 aliphatic rings. The second-order valence-corrected chi connectivity index (χ2v) is 8.54. The lowest BCUT2D eigenvalue weighted by Crippen LogP contribution is -2.48.